The largest absolute Gasteiger partial charge is 0.313 e. The Labute approximate surface area is 252 Å². The van der Waals surface area contributed by atoms with Crippen LogP contribution in [0.1, 0.15) is 18.0 Å². The number of hydrogen-bond donors (Lipinski definition) is 0. The molecule has 0 spiro atoms. The number of nitrogens with zero attached hydrogens (tertiary/aromatic N) is 1. The third-order valence-corrected chi connectivity index (χ3v) is 8.71. The fourth-order valence-electron chi connectivity index (χ4n) is 6.64. The van der Waals surface area contributed by atoms with Gasteiger partial charge >= 0.3 is 0 Å². The van der Waals surface area contributed by atoms with Crippen LogP contribution in [0.25, 0.3) is 60.7 Å². The van der Waals surface area contributed by atoms with Gasteiger partial charge in [0, 0.05) is 17.3 Å². The molecule has 1 aromatic heterocycles. The molecule has 0 aliphatic heterocycles. The third-order valence-electron chi connectivity index (χ3n) is 8.71. The van der Waals surface area contributed by atoms with Gasteiger partial charge < -0.3 is 4.57 Å². The summed E-state index contributed by atoms with van der Waals surface area (Å²) in [4.78, 5) is 0. The molecular formula is C42H31N. The molecule has 0 amide bonds. The lowest BCUT2D eigenvalue weighted by Gasteiger charge is -2.21. The first-order chi connectivity index (χ1) is 21.3. The van der Waals surface area contributed by atoms with Crippen LogP contribution in [-0.4, -0.2) is 4.57 Å². The normalized spacial score (nSPS) is 14.5. The number of allylic oxidation sites excluding steroid dienone is 4. The number of benzene rings is 6. The number of fused-ring (bicyclic) bond motifs is 2. The smallest absolute Gasteiger partial charge is 0.0531 e. The van der Waals surface area contributed by atoms with Gasteiger partial charge in [0.2, 0.25) is 0 Å². The second-order valence-corrected chi connectivity index (χ2v) is 11.3. The molecule has 43 heavy (non-hydrogen) atoms. The van der Waals surface area contributed by atoms with Crippen LogP contribution in [0.4, 0.5) is 0 Å². The second-order valence-electron chi connectivity index (χ2n) is 11.3. The van der Waals surface area contributed by atoms with E-state index in [0.29, 0.717) is 5.92 Å². The zero-order chi connectivity index (χ0) is 28.6. The van der Waals surface area contributed by atoms with E-state index in [2.05, 4.69) is 174 Å². The molecule has 204 valence electrons. The molecule has 1 atom stereocenters. The highest BCUT2D eigenvalue weighted by atomic mass is 15.0. The molecule has 8 rings (SSSR count). The van der Waals surface area contributed by atoms with Gasteiger partial charge in [-0.25, -0.2) is 0 Å². The van der Waals surface area contributed by atoms with E-state index >= 15 is 0 Å². The van der Waals surface area contributed by atoms with Gasteiger partial charge in [-0.2, -0.15) is 0 Å². The lowest BCUT2D eigenvalue weighted by molar-refractivity contribution is 0.787. The van der Waals surface area contributed by atoms with E-state index in [4.69, 9.17) is 0 Å². The van der Waals surface area contributed by atoms with Crippen molar-refractivity contribution in [3.8, 4) is 39.2 Å². The van der Waals surface area contributed by atoms with Crippen LogP contribution in [0.3, 0.4) is 0 Å². The summed E-state index contributed by atoms with van der Waals surface area (Å²) in [6, 6.07) is 53.2. The van der Waals surface area contributed by atoms with E-state index in [-0.39, 0.29) is 0 Å². The second kappa shape index (κ2) is 10.8. The van der Waals surface area contributed by atoms with Crippen molar-refractivity contribution >= 4 is 21.5 Å². The summed E-state index contributed by atoms with van der Waals surface area (Å²) in [6.45, 7) is 0. The van der Waals surface area contributed by atoms with Crippen molar-refractivity contribution < 1.29 is 0 Å². The van der Waals surface area contributed by atoms with Crippen molar-refractivity contribution in [3.05, 3.63) is 176 Å². The van der Waals surface area contributed by atoms with Crippen molar-refractivity contribution in [2.24, 2.45) is 0 Å². The lowest BCUT2D eigenvalue weighted by atomic mass is 9.91. The maximum atomic E-state index is 2.49. The van der Waals surface area contributed by atoms with E-state index < -0.39 is 0 Å². The van der Waals surface area contributed by atoms with E-state index in [1.165, 1.54) is 66.4 Å². The van der Waals surface area contributed by atoms with Crippen molar-refractivity contribution in [1.29, 1.82) is 0 Å². The zero-order valence-corrected chi connectivity index (χ0v) is 23.9. The van der Waals surface area contributed by atoms with Crippen molar-refractivity contribution in [2.75, 3.05) is 0 Å². The average molecular weight is 550 g/mol. The molecule has 1 aliphatic rings. The van der Waals surface area contributed by atoms with E-state index in [1.807, 2.05) is 0 Å². The highest BCUT2D eigenvalue weighted by molar-refractivity contribution is 6.09. The Morgan fingerprint density at radius 2 is 1.14 bits per heavy atom. The van der Waals surface area contributed by atoms with Crippen molar-refractivity contribution in [1.82, 2.24) is 4.57 Å². The van der Waals surface area contributed by atoms with Crippen LogP contribution in [0.2, 0.25) is 0 Å². The van der Waals surface area contributed by atoms with Gasteiger partial charge in [0.05, 0.1) is 5.69 Å². The van der Waals surface area contributed by atoms with E-state index in [9.17, 15) is 0 Å². The van der Waals surface area contributed by atoms with Gasteiger partial charge in [0.1, 0.15) is 0 Å². The van der Waals surface area contributed by atoms with Gasteiger partial charge in [-0.15, -0.1) is 0 Å². The van der Waals surface area contributed by atoms with Crippen molar-refractivity contribution in [2.45, 2.75) is 12.3 Å². The lowest BCUT2D eigenvalue weighted by Crippen LogP contribution is -2.07. The first-order valence-electron chi connectivity index (χ1n) is 15.1. The van der Waals surface area contributed by atoms with Crippen LogP contribution in [-0.2, 0) is 0 Å². The molecule has 1 heteroatoms. The summed E-state index contributed by atoms with van der Waals surface area (Å²) < 4.78 is 2.49. The molecule has 0 radical (unpaired) electrons. The molecule has 6 aromatic carbocycles. The summed E-state index contributed by atoms with van der Waals surface area (Å²) in [5.41, 5.74) is 9.90. The minimum Gasteiger partial charge on any atom is -0.313 e. The molecule has 1 nitrogen and oxygen atoms in total. The molecule has 0 bridgehead atoms. The summed E-state index contributed by atoms with van der Waals surface area (Å²) in [6.07, 6.45) is 9.94. The number of hydrogen-bond acceptors (Lipinski definition) is 0. The standard InChI is InChI=1S/C42H31N/c1-5-14-30(15-6-1)37-23-13-22-34-27-39-35(28-38(34)37)26-36(29-40(39)31-16-7-2-8-17-31)43-41(32-18-9-3-10-19-32)24-25-42(43)33-20-11-4-12-21-33/h1-20,22-29,33H,21H2. The van der Waals surface area contributed by atoms with E-state index in [1.54, 1.807) is 0 Å². The Morgan fingerprint density at radius 3 is 1.84 bits per heavy atom. The van der Waals surface area contributed by atoms with Gasteiger partial charge in [0.25, 0.3) is 0 Å². The Kier molecular flexibility index (Phi) is 6.35. The van der Waals surface area contributed by atoms with Crippen LogP contribution in [0, 0.1) is 0 Å². The molecule has 1 aliphatic carbocycles. The quantitative estimate of drug-likeness (QED) is 0.188. The van der Waals surface area contributed by atoms with Gasteiger partial charge in [-0.3, -0.25) is 0 Å². The summed E-state index contributed by atoms with van der Waals surface area (Å²) in [7, 11) is 0. The molecule has 7 aromatic rings. The summed E-state index contributed by atoms with van der Waals surface area (Å²) in [5.74, 6) is 0.319. The maximum Gasteiger partial charge on any atom is 0.0531 e. The Balaban J connectivity index is 1.44. The Morgan fingerprint density at radius 1 is 0.488 bits per heavy atom. The fraction of sp³-hybridized carbons (Fsp3) is 0.0476. The van der Waals surface area contributed by atoms with Crippen LogP contribution in [0.5, 0.6) is 0 Å². The first kappa shape index (κ1) is 25.3. The number of aromatic nitrogens is 1. The monoisotopic (exact) mass is 549 g/mol. The topological polar surface area (TPSA) is 4.93 Å². The fourth-order valence-corrected chi connectivity index (χ4v) is 6.64. The maximum absolute atomic E-state index is 2.49. The first-order valence-corrected chi connectivity index (χ1v) is 15.1. The predicted octanol–water partition coefficient (Wildman–Crippen LogP) is 11.4. The predicted molar refractivity (Wildman–Crippen MR) is 183 cm³/mol. The Bertz CT molecular complexity index is 2130. The highest BCUT2D eigenvalue weighted by Crippen LogP contribution is 2.40. The molecule has 0 fully saturated rings. The average Bonchev–Trinajstić information content (AvgIpc) is 3.54. The van der Waals surface area contributed by atoms with Crippen LogP contribution >= 0.6 is 0 Å². The van der Waals surface area contributed by atoms with Crippen LogP contribution < -0.4 is 0 Å². The van der Waals surface area contributed by atoms with Crippen molar-refractivity contribution in [3.63, 3.8) is 0 Å². The van der Waals surface area contributed by atoms with Gasteiger partial charge in [-0.1, -0.05) is 133 Å². The molecule has 1 unspecified atom stereocenters. The molecule has 0 N–H and O–H groups in total. The summed E-state index contributed by atoms with van der Waals surface area (Å²) in [5, 5.41) is 5.03. The minimum absolute atomic E-state index is 0.319. The summed E-state index contributed by atoms with van der Waals surface area (Å²) >= 11 is 0. The SMILES string of the molecule is C1=CCC(c2ccc(-c3ccccc3)n2-c2cc(-c3ccccc3)c3cc4cccc(-c5ccccc5)c4cc3c2)C=C1. The minimum atomic E-state index is 0.319. The molecule has 0 saturated heterocycles. The Hall–Kier alpha value is -5.40. The molecule has 0 saturated carbocycles. The zero-order valence-electron chi connectivity index (χ0n) is 23.9. The third kappa shape index (κ3) is 4.60. The van der Waals surface area contributed by atoms with Gasteiger partial charge in [0.15, 0.2) is 0 Å². The van der Waals surface area contributed by atoms with Crippen LogP contribution in [0.15, 0.2) is 170 Å². The van der Waals surface area contributed by atoms with Gasteiger partial charge in [-0.05, 0) is 92.2 Å². The number of rotatable bonds is 5. The molecule has 1 heterocycles. The van der Waals surface area contributed by atoms with E-state index in [0.717, 1.165) is 6.42 Å². The highest BCUT2D eigenvalue weighted by Gasteiger charge is 2.20. The molecular weight excluding hydrogens is 518 g/mol.